The molecule has 0 spiro atoms. The summed E-state index contributed by atoms with van der Waals surface area (Å²) in [6.07, 6.45) is 4.93. The largest absolute Gasteiger partial charge is 0.498 e. The maximum Gasteiger partial charge on any atom is 0.498 e. The van der Waals surface area contributed by atoms with E-state index in [9.17, 15) is 10.1 Å². The van der Waals surface area contributed by atoms with Gasteiger partial charge in [0.15, 0.2) is 0 Å². The van der Waals surface area contributed by atoms with E-state index in [1.165, 1.54) is 0 Å². The van der Waals surface area contributed by atoms with Crippen molar-refractivity contribution in [1.29, 1.82) is 5.26 Å². The summed E-state index contributed by atoms with van der Waals surface area (Å²) < 4.78 is 19.6. The van der Waals surface area contributed by atoms with Gasteiger partial charge in [0.05, 0.1) is 29.2 Å². The lowest BCUT2D eigenvalue weighted by molar-refractivity contribution is 0.00578. The van der Waals surface area contributed by atoms with Crippen molar-refractivity contribution in [3.8, 4) is 6.07 Å². The molecule has 1 aromatic heterocycles. The van der Waals surface area contributed by atoms with Crippen LogP contribution >= 0.6 is 0 Å². The second kappa shape index (κ2) is 7.58. The van der Waals surface area contributed by atoms with Crippen molar-refractivity contribution in [3.63, 3.8) is 0 Å². The summed E-state index contributed by atoms with van der Waals surface area (Å²) in [6.45, 7) is 14.7. The van der Waals surface area contributed by atoms with Crippen molar-refractivity contribution in [2.75, 3.05) is 13.1 Å². The third-order valence-corrected chi connectivity index (χ3v) is 6.37. The Morgan fingerprint density at radius 1 is 1.23 bits per heavy atom. The minimum absolute atomic E-state index is 0.313. The van der Waals surface area contributed by atoms with E-state index >= 15 is 0 Å². The number of likely N-dealkylation sites (tertiary alicyclic amines) is 1. The van der Waals surface area contributed by atoms with E-state index in [0.717, 1.165) is 5.46 Å². The lowest BCUT2D eigenvalue weighted by Crippen LogP contribution is -2.49. The Morgan fingerprint density at radius 2 is 1.80 bits per heavy atom. The number of hydrogen-bond acceptors (Lipinski definition) is 6. The van der Waals surface area contributed by atoms with Gasteiger partial charge in [0.2, 0.25) is 0 Å². The fourth-order valence-corrected chi connectivity index (χ4v) is 3.76. The molecule has 3 rings (SSSR count). The first kappa shape index (κ1) is 22.6. The molecule has 0 N–H and O–H groups in total. The van der Waals surface area contributed by atoms with Crippen LogP contribution in [0.15, 0.2) is 12.4 Å². The van der Waals surface area contributed by atoms with Crippen molar-refractivity contribution in [2.45, 2.75) is 90.1 Å². The third-order valence-electron chi connectivity index (χ3n) is 6.37. The van der Waals surface area contributed by atoms with Gasteiger partial charge in [0.25, 0.3) is 0 Å². The molecule has 0 aromatic carbocycles. The van der Waals surface area contributed by atoms with Gasteiger partial charge >= 0.3 is 13.2 Å². The zero-order chi connectivity index (χ0) is 22.4. The van der Waals surface area contributed by atoms with Gasteiger partial charge in [-0.15, -0.1) is 0 Å². The van der Waals surface area contributed by atoms with E-state index in [0.29, 0.717) is 32.4 Å². The Kier molecular flexibility index (Phi) is 5.72. The molecule has 2 aliphatic rings. The highest BCUT2D eigenvalue weighted by Crippen LogP contribution is 2.37. The number of aromatic nitrogens is 2. The van der Waals surface area contributed by atoms with Crippen molar-refractivity contribution >= 4 is 18.7 Å². The molecule has 30 heavy (non-hydrogen) atoms. The summed E-state index contributed by atoms with van der Waals surface area (Å²) in [5.41, 5.74) is -1.01. The van der Waals surface area contributed by atoms with Crippen LogP contribution in [0, 0.1) is 11.3 Å². The molecule has 1 aromatic rings. The predicted octanol–water partition coefficient (Wildman–Crippen LogP) is 2.82. The fourth-order valence-electron chi connectivity index (χ4n) is 3.76. The van der Waals surface area contributed by atoms with Crippen LogP contribution in [-0.4, -0.2) is 57.8 Å². The van der Waals surface area contributed by atoms with E-state index in [4.69, 9.17) is 14.0 Å². The van der Waals surface area contributed by atoms with Crippen molar-refractivity contribution in [3.05, 3.63) is 12.4 Å². The standard InChI is InChI=1S/C21H33BN4O4/c1-18(2,3)28-17(27)25-12-9-21(8-11-23,10-13-25)26-15-16(14-24-26)22-29-19(4,5)20(6,7)30-22/h14-15H,8-10,12-13H2,1-7H3. The average Bonchev–Trinajstić information content (AvgIpc) is 3.18. The number of nitrogens with zero attached hydrogens (tertiary/aromatic N) is 4. The number of hydrogen-bond donors (Lipinski definition) is 0. The van der Waals surface area contributed by atoms with Crippen LogP contribution in [0.4, 0.5) is 4.79 Å². The molecule has 0 saturated carbocycles. The van der Waals surface area contributed by atoms with E-state index in [1.54, 1.807) is 11.1 Å². The highest BCUT2D eigenvalue weighted by atomic mass is 16.7. The fraction of sp³-hybridized carbons (Fsp3) is 0.762. The van der Waals surface area contributed by atoms with E-state index in [1.807, 2.05) is 59.3 Å². The van der Waals surface area contributed by atoms with Crippen LogP contribution in [0.5, 0.6) is 0 Å². The molecule has 0 atom stereocenters. The van der Waals surface area contributed by atoms with Crippen molar-refractivity contribution in [2.24, 2.45) is 0 Å². The number of piperidine rings is 1. The number of carbonyl (C=O) groups excluding carboxylic acids is 1. The first-order valence-corrected chi connectivity index (χ1v) is 10.5. The Hall–Kier alpha value is -2.05. The monoisotopic (exact) mass is 416 g/mol. The zero-order valence-electron chi connectivity index (χ0n) is 19.2. The molecule has 2 saturated heterocycles. The number of nitriles is 1. The van der Waals surface area contributed by atoms with Gasteiger partial charge in [-0.05, 0) is 61.3 Å². The highest BCUT2D eigenvalue weighted by molar-refractivity contribution is 6.62. The Morgan fingerprint density at radius 3 is 2.30 bits per heavy atom. The van der Waals surface area contributed by atoms with E-state index < -0.39 is 29.5 Å². The molecule has 9 heteroatoms. The summed E-state index contributed by atoms with van der Waals surface area (Å²) in [5.74, 6) is 0. The van der Waals surface area contributed by atoms with Crippen molar-refractivity contribution < 1.29 is 18.8 Å². The molecular formula is C21H33BN4O4. The molecule has 0 radical (unpaired) electrons. The first-order valence-electron chi connectivity index (χ1n) is 10.5. The van der Waals surface area contributed by atoms with Gasteiger partial charge in [0, 0.05) is 30.9 Å². The van der Waals surface area contributed by atoms with Crippen LogP contribution < -0.4 is 5.46 Å². The second-order valence-electron chi connectivity index (χ2n) is 10.3. The molecule has 3 heterocycles. The molecular weight excluding hydrogens is 383 g/mol. The number of amides is 1. The molecule has 164 valence electrons. The van der Waals surface area contributed by atoms with Crippen LogP contribution in [0.25, 0.3) is 0 Å². The lowest BCUT2D eigenvalue weighted by atomic mass is 9.81. The summed E-state index contributed by atoms with van der Waals surface area (Å²) in [4.78, 5) is 14.1. The van der Waals surface area contributed by atoms with Gasteiger partial charge < -0.3 is 18.9 Å². The van der Waals surface area contributed by atoms with Gasteiger partial charge in [-0.2, -0.15) is 10.4 Å². The Balaban J connectivity index is 1.74. The first-order chi connectivity index (χ1) is 13.8. The van der Waals surface area contributed by atoms with Crippen LogP contribution in [0.3, 0.4) is 0 Å². The lowest BCUT2D eigenvalue weighted by Gasteiger charge is -2.41. The number of carbonyl (C=O) groups is 1. The quantitative estimate of drug-likeness (QED) is 0.704. The molecule has 8 nitrogen and oxygen atoms in total. The van der Waals surface area contributed by atoms with Gasteiger partial charge in [-0.25, -0.2) is 4.79 Å². The summed E-state index contributed by atoms with van der Waals surface area (Å²) in [5, 5.41) is 14.1. The molecule has 2 aliphatic heterocycles. The number of rotatable bonds is 3. The molecule has 2 fully saturated rings. The SMILES string of the molecule is CC(C)(C)OC(=O)N1CCC(CC#N)(n2cc(B3OC(C)(C)C(C)(C)O3)cn2)CC1. The molecule has 1 amide bonds. The van der Waals surface area contributed by atoms with Gasteiger partial charge in [-0.3, -0.25) is 4.68 Å². The maximum absolute atomic E-state index is 12.4. The smallest absolute Gasteiger partial charge is 0.444 e. The summed E-state index contributed by atoms with van der Waals surface area (Å²) >= 11 is 0. The predicted molar refractivity (Wildman–Crippen MR) is 113 cm³/mol. The Bertz CT molecular complexity index is 813. The van der Waals surface area contributed by atoms with Crippen LogP contribution in [-0.2, 0) is 19.6 Å². The minimum Gasteiger partial charge on any atom is -0.444 e. The third kappa shape index (κ3) is 4.35. The van der Waals surface area contributed by atoms with E-state index in [2.05, 4.69) is 11.2 Å². The molecule has 0 unspecified atom stereocenters. The topological polar surface area (TPSA) is 89.6 Å². The van der Waals surface area contributed by atoms with Crippen LogP contribution in [0.1, 0.15) is 67.7 Å². The second-order valence-corrected chi connectivity index (χ2v) is 10.3. The van der Waals surface area contributed by atoms with Crippen molar-refractivity contribution in [1.82, 2.24) is 14.7 Å². The number of ether oxygens (including phenoxy) is 1. The molecule has 0 aliphatic carbocycles. The summed E-state index contributed by atoms with van der Waals surface area (Å²) in [6, 6.07) is 2.31. The summed E-state index contributed by atoms with van der Waals surface area (Å²) in [7, 11) is -0.496. The normalized spacial score (nSPS) is 22.6. The highest BCUT2D eigenvalue weighted by Gasteiger charge is 2.52. The van der Waals surface area contributed by atoms with E-state index in [-0.39, 0.29) is 6.09 Å². The zero-order valence-corrected chi connectivity index (χ0v) is 19.2. The maximum atomic E-state index is 12.4. The van der Waals surface area contributed by atoms with Gasteiger partial charge in [-0.1, -0.05) is 0 Å². The average molecular weight is 416 g/mol. The van der Waals surface area contributed by atoms with Gasteiger partial charge in [0.1, 0.15) is 5.60 Å². The Labute approximate surface area is 179 Å². The minimum atomic E-state index is -0.530. The molecule has 0 bridgehead atoms. The van der Waals surface area contributed by atoms with Crippen LogP contribution in [0.2, 0.25) is 0 Å².